The van der Waals surface area contributed by atoms with Crippen molar-refractivity contribution < 1.29 is 9.59 Å². The molecule has 0 saturated carbocycles. The van der Waals surface area contributed by atoms with Crippen LogP contribution in [0.25, 0.3) is 0 Å². The molecule has 0 aliphatic carbocycles. The molecule has 1 atom stereocenters. The summed E-state index contributed by atoms with van der Waals surface area (Å²) in [6, 6.07) is 6.18. The molecule has 2 amide bonds. The lowest BCUT2D eigenvalue weighted by Gasteiger charge is -2.31. The van der Waals surface area contributed by atoms with E-state index in [1.807, 2.05) is 6.92 Å². The smallest absolute Gasteiger partial charge is 0.253 e. The summed E-state index contributed by atoms with van der Waals surface area (Å²) in [6.45, 7) is 7.26. The van der Waals surface area contributed by atoms with E-state index in [2.05, 4.69) is 25.9 Å². The summed E-state index contributed by atoms with van der Waals surface area (Å²) in [4.78, 5) is 31.6. The number of aromatic nitrogens is 1. The van der Waals surface area contributed by atoms with Gasteiger partial charge in [-0.1, -0.05) is 23.7 Å². The minimum Gasteiger partial charge on any atom is -0.354 e. The van der Waals surface area contributed by atoms with Crippen LogP contribution in [-0.2, 0) is 11.3 Å². The maximum atomic E-state index is 12.4. The van der Waals surface area contributed by atoms with Gasteiger partial charge in [0.1, 0.15) is 6.04 Å². The normalized spacial score (nSPS) is 16.4. The quantitative estimate of drug-likeness (QED) is 0.701. The lowest BCUT2D eigenvalue weighted by Crippen LogP contribution is -2.47. The summed E-state index contributed by atoms with van der Waals surface area (Å²) in [5.74, 6) is -0.0616. The van der Waals surface area contributed by atoms with Crippen LogP contribution in [0.5, 0.6) is 0 Å². The number of halogens is 1. The molecular weight excluding hydrogens is 408 g/mol. The van der Waals surface area contributed by atoms with Gasteiger partial charge in [0.15, 0.2) is 0 Å². The number of rotatable bonds is 7. The van der Waals surface area contributed by atoms with E-state index < -0.39 is 6.04 Å². The van der Waals surface area contributed by atoms with Crippen LogP contribution in [0.15, 0.2) is 29.6 Å². The highest BCUT2D eigenvalue weighted by Crippen LogP contribution is 2.19. The van der Waals surface area contributed by atoms with Crippen LogP contribution in [0.1, 0.15) is 40.8 Å². The zero-order chi connectivity index (χ0) is 20.8. The standard InChI is InChI=1S/C21H27ClN4O2S/c1-14(24-21(28)18-5-3-4-6-19(18)22)20(27)23-11-16-7-9-26(10-8-16)12-17-13-29-15(2)25-17/h3-6,13-14,16H,7-12H2,1-2H3,(H,23,27)(H,24,28). The zero-order valence-corrected chi connectivity index (χ0v) is 18.4. The first kappa shape index (κ1) is 21.7. The fourth-order valence-electron chi connectivity index (χ4n) is 3.44. The van der Waals surface area contributed by atoms with E-state index >= 15 is 0 Å². The summed E-state index contributed by atoms with van der Waals surface area (Å²) in [7, 11) is 0. The van der Waals surface area contributed by atoms with Crippen molar-refractivity contribution in [2.75, 3.05) is 19.6 Å². The molecular formula is C21H27ClN4O2S. The molecule has 1 aliphatic heterocycles. The summed E-state index contributed by atoms with van der Waals surface area (Å²) in [6.07, 6.45) is 2.09. The number of piperidine rings is 1. The van der Waals surface area contributed by atoms with E-state index in [1.54, 1.807) is 42.5 Å². The Bertz CT molecular complexity index is 849. The summed E-state index contributed by atoms with van der Waals surface area (Å²) in [5, 5.41) is 9.29. The Labute approximate surface area is 180 Å². The van der Waals surface area contributed by atoms with Crippen molar-refractivity contribution >= 4 is 34.8 Å². The second-order valence-electron chi connectivity index (χ2n) is 7.50. The van der Waals surface area contributed by atoms with Crippen molar-refractivity contribution in [2.45, 2.75) is 39.3 Å². The minimum atomic E-state index is -0.619. The predicted octanol–water partition coefficient (Wildman–Crippen LogP) is 3.25. The van der Waals surface area contributed by atoms with Gasteiger partial charge in [-0.05, 0) is 57.8 Å². The Morgan fingerprint density at radius 1 is 1.31 bits per heavy atom. The average molecular weight is 435 g/mol. The van der Waals surface area contributed by atoms with Gasteiger partial charge in [-0.2, -0.15) is 0 Å². The van der Waals surface area contributed by atoms with Crippen LogP contribution in [0.2, 0.25) is 5.02 Å². The molecule has 29 heavy (non-hydrogen) atoms. The molecule has 8 heteroatoms. The second-order valence-corrected chi connectivity index (χ2v) is 8.97. The molecule has 1 unspecified atom stereocenters. The second kappa shape index (κ2) is 10.2. The Morgan fingerprint density at radius 3 is 2.69 bits per heavy atom. The van der Waals surface area contributed by atoms with Crippen molar-refractivity contribution in [3.05, 3.63) is 50.9 Å². The van der Waals surface area contributed by atoms with Crippen molar-refractivity contribution in [1.29, 1.82) is 0 Å². The van der Waals surface area contributed by atoms with E-state index in [4.69, 9.17) is 11.6 Å². The van der Waals surface area contributed by atoms with Crippen LogP contribution in [0.3, 0.4) is 0 Å². The molecule has 1 aliphatic rings. The van der Waals surface area contributed by atoms with Crippen molar-refractivity contribution in [1.82, 2.24) is 20.5 Å². The van der Waals surface area contributed by atoms with E-state index in [9.17, 15) is 9.59 Å². The first-order valence-electron chi connectivity index (χ1n) is 9.89. The average Bonchev–Trinajstić information content (AvgIpc) is 3.12. The molecule has 2 aromatic rings. The highest BCUT2D eigenvalue weighted by Gasteiger charge is 2.22. The Morgan fingerprint density at radius 2 is 2.03 bits per heavy atom. The molecule has 2 heterocycles. The van der Waals surface area contributed by atoms with Gasteiger partial charge in [-0.15, -0.1) is 11.3 Å². The number of hydrogen-bond donors (Lipinski definition) is 2. The lowest BCUT2D eigenvalue weighted by atomic mass is 9.96. The van der Waals surface area contributed by atoms with Gasteiger partial charge in [0, 0.05) is 18.5 Å². The highest BCUT2D eigenvalue weighted by molar-refractivity contribution is 7.09. The molecule has 1 aromatic carbocycles. The third kappa shape index (κ3) is 6.26. The van der Waals surface area contributed by atoms with Gasteiger partial charge in [0.25, 0.3) is 5.91 Å². The molecule has 1 saturated heterocycles. The largest absolute Gasteiger partial charge is 0.354 e. The summed E-state index contributed by atoms with van der Waals surface area (Å²) < 4.78 is 0. The number of nitrogens with zero attached hydrogens (tertiary/aromatic N) is 2. The van der Waals surface area contributed by atoms with E-state index in [0.717, 1.165) is 43.2 Å². The number of carbonyl (C=O) groups excluding carboxylic acids is 2. The molecule has 3 rings (SSSR count). The Kier molecular flexibility index (Phi) is 7.64. The number of thiazole rings is 1. The van der Waals surface area contributed by atoms with Gasteiger partial charge in [-0.25, -0.2) is 4.98 Å². The monoisotopic (exact) mass is 434 g/mol. The minimum absolute atomic E-state index is 0.175. The zero-order valence-electron chi connectivity index (χ0n) is 16.8. The first-order chi connectivity index (χ1) is 13.9. The number of amides is 2. The van der Waals surface area contributed by atoms with Crippen LogP contribution >= 0.6 is 22.9 Å². The molecule has 0 bridgehead atoms. The van der Waals surface area contributed by atoms with E-state index in [1.165, 1.54) is 0 Å². The molecule has 0 radical (unpaired) electrons. The van der Waals surface area contributed by atoms with Gasteiger partial charge in [-0.3, -0.25) is 14.5 Å². The number of carbonyl (C=O) groups is 2. The van der Waals surface area contributed by atoms with Crippen molar-refractivity contribution in [3.63, 3.8) is 0 Å². The first-order valence-corrected chi connectivity index (χ1v) is 11.1. The van der Waals surface area contributed by atoms with Crippen molar-refractivity contribution in [3.8, 4) is 0 Å². The molecule has 156 valence electrons. The van der Waals surface area contributed by atoms with E-state index in [-0.39, 0.29) is 11.8 Å². The Hall–Kier alpha value is -1.96. The number of nitrogens with one attached hydrogen (secondary N) is 2. The SMILES string of the molecule is Cc1nc(CN2CCC(CNC(=O)C(C)NC(=O)c3ccccc3Cl)CC2)cs1. The number of hydrogen-bond acceptors (Lipinski definition) is 5. The number of aryl methyl sites for hydroxylation is 1. The van der Waals surface area contributed by atoms with Gasteiger partial charge in [0.05, 0.1) is 21.3 Å². The van der Waals surface area contributed by atoms with Crippen LogP contribution < -0.4 is 10.6 Å². The maximum absolute atomic E-state index is 12.4. The fraction of sp³-hybridized carbons (Fsp3) is 0.476. The third-order valence-electron chi connectivity index (χ3n) is 5.18. The lowest BCUT2D eigenvalue weighted by molar-refractivity contribution is -0.122. The van der Waals surface area contributed by atoms with Crippen LogP contribution in [-0.4, -0.2) is 47.4 Å². The molecule has 1 aromatic heterocycles. The molecule has 0 spiro atoms. The van der Waals surface area contributed by atoms with E-state index in [0.29, 0.717) is 23.0 Å². The summed E-state index contributed by atoms with van der Waals surface area (Å²) in [5.41, 5.74) is 1.51. The van der Waals surface area contributed by atoms with Gasteiger partial charge in [0.2, 0.25) is 5.91 Å². The molecule has 2 N–H and O–H groups in total. The number of benzene rings is 1. The Balaban J connectivity index is 1.38. The van der Waals surface area contributed by atoms with Gasteiger partial charge >= 0.3 is 0 Å². The highest BCUT2D eigenvalue weighted by atomic mass is 35.5. The molecule has 1 fully saturated rings. The predicted molar refractivity (Wildman–Crippen MR) is 116 cm³/mol. The van der Waals surface area contributed by atoms with Crippen LogP contribution in [0.4, 0.5) is 0 Å². The maximum Gasteiger partial charge on any atom is 0.253 e. The molecule has 6 nitrogen and oxygen atoms in total. The van der Waals surface area contributed by atoms with Gasteiger partial charge < -0.3 is 10.6 Å². The topological polar surface area (TPSA) is 74.3 Å². The van der Waals surface area contributed by atoms with Crippen molar-refractivity contribution in [2.24, 2.45) is 5.92 Å². The summed E-state index contributed by atoms with van der Waals surface area (Å²) >= 11 is 7.73. The fourth-order valence-corrected chi connectivity index (χ4v) is 4.27. The number of likely N-dealkylation sites (tertiary alicyclic amines) is 1. The third-order valence-corrected chi connectivity index (χ3v) is 6.34. The van der Waals surface area contributed by atoms with Crippen LogP contribution in [0, 0.1) is 12.8 Å².